The molecular weight excluding hydrogens is 354 g/mol. The number of methoxy groups -OCH3 is 1. The molecule has 0 unspecified atom stereocenters. The third-order valence-corrected chi connectivity index (χ3v) is 4.89. The fourth-order valence-electron chi connectivity index (χ4n) is 3.43. The van der Waals surface area contributed by atoms with Crippen LogP contribution in [0.1, 0.15) is 33.5 Å². The molecule has 0 aliphatic carbocycles. The summed E-state index contributed by atoms with van der Waals surface area (Å²) in [5, 5.41) is 4.00. The highest BCUT2D eigenvalue weighted by atomic mass is 16.5. The van der Waals surface area contributed by atoms with Crippen molar-refractivity contribution in [3.8, 4) is 5.75 Å². The zero-order chi connectivity index (χ0) is 19.7. The van der Waals surface area contributed by atoms with Gasteiger partial charge in [0.05, 0.1) is 7.11 Å². The molecule has 2 aromatic carbocycles. The van der Waals surface area contributed by atoms with Crippen molar-refractivity contribution in [3.05, 3.63) is 83.6 Å². The molecular formula is C22H21N3O3. The highest BCUT2D eigenvalue weighted by Gasteiger charge is 2.27. The Morgan fingerprint density at radius 3 is 2.64 bits per heavy atom. The lowest BCUT2D eigenvalue weighted by molar-refractivity contribution is 0.0914. The molecule has 1 atom stereocenters. The topological polar surface area (TPSA) is 69.3 Å². The Morgan fingerprint density at radius 1 is 1.18 bits per heavy atom. The van der Waals surface area contributed by atoms with E-state index in [0.717, 1.165) is 16.5 Å². The lowest BCUT2D eigenvalue weighted by Crippen LogP contribution is -2.31. The molecule has 0 aliphatic heterocycles. The smallest absolute Gasteiger partial charge is 0.288 e. The molecule has 28 heavy (non-hydrogen) atoms. The molecule has 4 rings (SSSR count). The molecule has 0 saturated carbocycles. The Morgan fingerprint density at radius 2 is 1.93 bits per heavy atom. The van der Waals surface area contributed by atoms with E-state index in [0.29, 0.717) is 22.9 Å². The van der Waals surface area contributed by atoms with Crippen LogP contribution in [0.2, 0.25) is 0 Å². The van der Waals surface area contributed by atoms with Crippen molar-refractivity contribution in [2.24, 2.45) is 7.05 Å². The standard InChI is InChI=1S/C22H21N3O3/c1-14-15-8-4-7-11-18(15)28-20(14)22(26)24-19(21-23-12-13-25(21)2)16-9-5-6-10-17(16)27-3/h4-13,19H,1-3H3,(H,24,26)/t19-/m1/s1. The van der Waals surface area contributed by atoms with E-state index in [4.69, 9.17) is 9.15 Å². The van der Waals surface area contributed by atoms with Gasteiger partial charge in [-0.15, -0.1) is 0 Å². The number of fused-ring (bicyclic) bond motifs is 1. The molecule has 0 aliphatic rings. The number of aryl methyl sites for hydroxylation is 2. The van der Waals surface area contributed by atoms with Gasteiger partial charge in [0.2, 0.25) is 0 Å². The SMILES string of the molecule is COc1ccccc1[C@@H](NC(=O)c1oc2ccccc2c1C)c1nccn1C. The molecule has 4 aromatic rings. The van der Waals surface area contributed by atoms with Crippen LogP contribution in [-0.2, 0) is 7.05 Å². The largest absolute Gasteiger partial charge is 0.496 e. The number of nitrogens with zero attached hydrogens (tertiary/aromatic N) is 2. The van der Waals surface area contributed by atoms with Gasteiger partial charge in [-0.3, -0.25) is 4.79 Å². The van der Waals surface area contributed by atoms with Gasteiger partial charge in [0.1, 0.15) is 23.2 Å². The first kappa shape index (κ1) is 17.9. The molecule has 0 fully saturated rings. The van der Waals surface area contributed by atoms with Crippen molar-refractivity contribution >= 4 is 16.9 Å². The average molecular weight is 375 g/mol. The number of ether oxygens (including phenoxy) is 1. The summed E-state index contributed by atoms with van der Waals surface area (Å²) in [6, 6.07) is 14.7. The van der Waals surface area contributed by atoms with Gasteiger partial charge in [0, 0.05) is 36.0 Å². The lowest BCUT2D eigenvalue weighted by Gasteiger charge is -2.21. The number of benzene rings is 2. The number of carbonyl (C=O) groups excluding carboxylic acids is 1. The minimum absolute atomic E-state index is 0.299. The van der Waals surface area contributed by atoms with Crippen LogP contribution in [0.15, 0.2) is 65.3 Å². The molecule has 142 valence electrons. The van der Waals surface area contributed by atoms with Crippen LogP contribution in [0, 0.1) is 6.92 Å². The van der Waals surface area contributed by atoms with E-state index in [1.54, 1.807) is 13.3 Å². The van der Waals surface area contributed by atoms with Crippen LogP contribution >= 0.6 is 0 Å². The number of amides is 1. The summed E-state index contributed by atoms with van der Waals surface area (Å²) in [5.74, 6) is 1.38. The van der Waals surface area contributed by atoms with Crippen LogP contribution in [-0.4, -0.2) is 22.6 Å². The van der Waals surface area contributed by atoms with Gasteiger partial charge in [0.25, 0.3) is 5.91 Å². The van der Waals surface area contributed by atoms with Gasteiger partial charge < -0.3 is 19.0 Å². The van der Waals surface area contributed by atoms with E-state index in [1.165, 1.54) is 0 Å². The molecule has 2 heterocycles. The summed E-state index contributed by atoms with van der Waals surface area (Å²) in [6.45, 7) is 1.89. The first-order valence-corrected chi connectivity index (χ1v) is 8.99. The minimum Gasteiger partial charge on any atom is -0.496 e. The van der Waals surface area contributed by atoms with Crippen LogP contribution in [0.5, 0.6) is 5.75 Å². The second kappa shape index (κ2) is 7.23. The first-order valence-electron chi connectivity index (χ1n) is 8.99. The third kappa shape index (κ3) is 3.03. The van der Waals surface area contributed by atoms with Crippen LogP contribution in [0.25, 0.3) is 11.0 Å². The molecule has 0 saturated heterocycles. The van der Waals surface area contributed by atoms with Crippen molar-refractivity contribution in [2.75, 3.05) is 7.11 Å². The van der Waals surface area contributed by atoms with Gasteiger partial charge in [-0.1, -0.05) is 36.4 Å². The number of imidazole rings is 1. The number of furan rings is 1. The Bertz CT molecular complexity index is 1140. The summed E-state index contributed by atoms with van der Waals surface area (Å²) in [7, 11) is 3.50. The van der Waals surface area contributed by atoms with E-state index in [1.807, 2.05) is 73.3 Å². The molecule has 0 spiro atoms. The van der Waals surface area contributed by atoms with E-state index < -0.39 is 6.04 Å². The molecule has 1 amide bonds. The number of nitrogens with one attached hydrogen (secondary N) is 1. The normalized spacial score (nSPS) is 12.1. The first-order chi connectivity index (χ1) is 13.6. The summed E-state index contributed by atoms with van der Waals surface area (Å²) in [6.07, 6.45) is 3.55. The zero-order valence-corrected chi connectivity index (χ0v) is 16.0. The maximum absolute atomic E-state index is 13.1. The zero-order valence-electron chi connectivity index (χ0n) is 16.0. The van der Waals surface area contributed by atoms with E-state index >= 15 is 0 Å². The second-order valence-electron chi connectivity index (χ2n) is 6.60. The third-order valence-electron chi connectivity index (χ3n) is 4.89. The molecule has 6 nitrogen and oxygen atoms in total. The van der Waals surface area contributed by atoms with Crippen LogP contribution in [0.4, 0.5) is 0 Å². The summed E-state index contributed by atoms with van der Waals surface area (Å²) in [4.78, 5) is 17.6. The summed E-state index contributed by atoms with van der Waals surface area (Å²) < 4.78 is 13.2. The molecule has 6 heteroatoms. The Labute approximate surface area is 162 Å². The number of para-hydroxylation sites is 2. The predicted octanol–water partition coefficient (Wildman–Crippen LogP) is 4.00. The van der Waals surface area contributed by atoms with Gasteiger partial charge in [-0.2, -0.15) is 0 Å². The van der Waals surface area contributed by atoms with Gasteiger partial charge in [0.15, 0.2) is 5.76 Å². The van der Waals surface area contributed by atoms with Crippen molar-refractivity contribution in [1.82, 2.24) is 14.9 Å². The number of carbonyl (C=O) groups is 1. The fraction of sp³-hybridized carbons (Fsp3) is 0.182. The quantitative estimate of drug-likeness (QED) is 0.572. The molecule has 0 bridgehead atoms. The van der Waals surface area contributed by atoms with Crippen molar-refractivity contribution < 1.29 is 13.9 Å². The lowest BCUT2D eigenvalue weighted by atomic mass is 10.0. The van der Waals surface area contributed by atoms with Crippen molar-refractivity contribution in [3.63, 3.8) is 0 Å². The van der Waals surface area contributed by atoms with Gasteiger partial charge in [-0.25, -0.2) is 4.98 Å². The summed E-state index contributed by atoms with van der Waals surface area (Å²) in [5.41, 5.74) is 2.32. The van der Waals surface area contributed by atoms with Gasteiger partial charge in [-0.05, 0) is 19.1 Å². The van der Waals surface area contributed by atoms with Gasteiger partial charge >= 0.3 is 0 Å². The maximum atomic E-state index is 13.1. The molecule has 2 aromatic heterocycles. The number of rotatable bonds is 5. The second-order valence-corrected chi connectivity index (χ2v) is 6.60. The highest BCUT2D eigenvalue weighted by molar-refractivity contribution is 5.99. The fourth-order valence-corrected chi connectivity index (χ4v) is 3.43. The number of hydrogen-bond donors (Lipinski definition) is 1. The maximum Gasteiger partial charge on any atom is 0.288 e. The van der Waals surface area contributed by atoms with Crippen molar-refractivity contribution in [1.29, 1.82) is 0 Å². The van der Waals surface area contributed by atoms with Crippen molar-refractivity contribution in [2.45, 2.75) is 13.0 Å². The Kier molecular flexibility index (Phi) is 4.61. The van der Waals surface area contributed by atoms with Crippen LogP contribution < -0.4 is 10.1 Å². The monoisotopic (exact) mass is 375 g/mol. The van der Waals surface area contributed by atoms with E-state index in [9.17, 15) is 4.79 Å². The minimum atomic E-state index is -0.490. The number of aromatic nitrogens is 2. The highest BCUT2D eigenvalue weighted by Crippen LogP contribution is 2.30. The van der Waals surface area contributed by atoms with E-state index in [-0.39, 0.29) is 5.91 Å². The Hall–Kier alpha value is -3.54. The predicted molar refractivity (Wildman–Crippen MR) is 106 cm³/mol. The molecule has 1 N–H and O–H groups in total. The van der Waals surface area contributed by atoms with Crippen LogP contribution in [0.3, 0.4) is 0 Å². The number of hydrogen-bond acceptors (Lipinski definition) is 4. The average Bonchev–Trinajstić information content (AvgIpc) is 3.29. The van der Waals surface area contributed by atoms with E-state index in [2.05, 4.69) is 10.3 Å². The summed E-state index contributed by atoms with van der Waals surface area (Å²) >= 11 is 0. The Balaban J connectivity index is 1.76. The molecule has 0 radical (unpaired) electrons.